The van der Waals surface area contributed by atoms with Crippen molar-refractivity contribution < 1.29 is 4.74 Å². The van der Waals surface area contributed by atoms with Crippen molar-refractivity contribution in [3.05, 3.63) is 35.2 Å². The van der Waals surface area contributed by atoms with E-state index in [-0.39, 0.29) is 0 Å². The molecule has 1 fully saturated rings. The van der Waals surface area contributed by atoms with E-state index in [1.807, 2.05) is 6.92 Å². The molecule has 1 atom stereocenters. The van der Waals surface area contributed by atoms with Crippen molar-refractivity contribution in [1.29, 1.82) is 0 Å². The van der Waals surface area contributed by atoms with Crippen LogP contribution in [0.15, 0.2) is 28.3 Å². The average Bonchev–Trinajstić information content (AvgIpc) is 3.17. The Kier molecular flexibility index (Phi) is 5.46. The summed E-state index contributed by atoms with van der Waals surface area (Å²) < 4.78 is 8.16. The van der Waals surface area contributed by atoms with Crippen molar-refractivity contribution in [3.8, 4) is 0 Å². The highest BCUT2D eigenvalue weighted by atomic mass is 32.2. The monoisotopic (exact) mass is 346 g/mol. The van der Waals surface area contributed by atoms with Gasteiger partial charge in [0, 0.05) is 35.9 Å². The van der Waals surface area contributed by atoms with Gasteiger partial charge in [-0.1, -0.05) is 23.9 Å². The van der Waals surface area contributed by atoms with Gasteiger partial charge in [-0.25, -0.2) is 0 Å². The Hall–Kier alpha value is -1.53. The predicted molar refractivity (Wildman–Crippen MR) is 102 cm³/mol. The van der Waals surface area contributed by atoms with Crippen LogP contribution in [0.25, 0.3) is 0 Å². The Bertz CT molecular complexity index is 683. The van der Waals surface area contributed by atoms with Gasteiger partial charge in [0.25, 0.3) is 0 Å². The maximum Gasteiger partial charge on any atom is 0.177 e. The number of hydrogen-bond acceptors (Lipinski definition) is 4. The standard InChI is InChI=1S/C18H26N4OS/c1-12(2)9-19-18-21-20-17(11-24-18)16-8-13(3)22(14(16)4)10-15-6-5-7-23-15/h8,15H,1,5-7,9-11H2,2-4H3,(H,19,21)/t15-/m0/s1. The van der Waals surface area contributed by atoms with Gasteiger partial charge in [-0.05, 0) is 39.7 Å². The van der Waals surface area contributed by atoms with E-state index in [1.165, 1.54) is 23.4 Å². The van der Waals surface area contributed by atoms with E-state index >= 15 is 0 Å². The van der Waals surface area contributed by atoms with E-state index in [1.54, 1.807) is 11.8 Å². The van der Waals surface area contributed by atoms with E-state index in [9.17, 15) is 0 Å². The Morgan fingerprint density at radius 1 is 1.54 bits per heavy atom. The minimum Gasteiger partial charge on any atom is -0.376 e. The summed E-state index contributed by atoms with van der Waals surface area (Å²) in [5.41, 5.74) is 8.98. The highest BCUT2D eigenvalue weighted by Crippen LogP contribution is 2.23. The lowest BCUT2D eigenvalue weighted by Crippen LogP contribution is -2.26. The van der Waals surface area contributed by atoms with Gasteiger partial charge in [0.1, 0.15) is 0 Å². The molecule has 3 heterocycles. The highest BCUT2D eigenvalue weighted by molar-refractivity contribution is 8.14. The van der Waals surface area contributed by atoms with Crippen LogP contribution in [0.2, 0.25) is 0 Å². The van der Waals surface area contributed by atoms with Crippen LogP contribution < -0.4 is 5.43 Å². The van der Waals surface area contributed by atoms with Crippen LogP contribution in [0, 0.1) is 13.8 Å². The molecule has 6 heteroatoms. The van der Waals surface area contributed by atoms with Crippen LogP contribution in [0.5, 0.6) is 0 Å². The molecule has 5 nitrogen and oxygen atoms in total. The molecule has 0 aromatic carbocycles. The summed E-state index contributed by atoms with van der Waals surface area (Å²) in [6, 6.07) is 2.24. The minimum atomic E-state index is 0.351. The van der Waals surface area contributed by atoms with Gasteiger partial charge in [-0.15, -0.1) is 0 Å². The number of aromatic nitrogens is 1. The van der Waals surface area contributed by atoms with Gasteiger partial charge in [0.15, 0.2) is 5.17 Å². The fraction of sp³-hybridized carbons (Fsp3) is 0.556. The number of nitrogens with one attached hydrogen (secondary N) is 1. The molecule has 24 heavy (non-hydrogen) atoms. The molecule has 0 saturated carbocycles. The van der Waals surface area contributed by atoms with Gasteiger partial charge in [0.05, 0.1) is 18.4 Å². The minimum absolute atomic E-state index is 0.351. The first kappa shape index (κ1) is 17.3. The molecule has 2 aliphatic heterocycles. The number of hydrazone groups is 1. The smallest absolute Gasteiger partial charge is 0.177 e. The zero-order valence-electron chi connectivity index (χ0n) is 14.8. The number of hydrogen-bond donors (Lipinski definition) is 1. The van der Waals surface area contributed by atoms with Crippen molar-refractivity contribution in [2.24, 2.45) is 10.1 Å². The number of nitrogens with zero attached hydrogens (tertiary/aromatic N) is 3. The highest BCUT2D eigenvalue weighted by Gasteiger charge is 2.22. The van der Waals surface area contributed by atoms with Crippen molar-refractivity contribution in [2.75, 3.05) is 18.9 Å². The maximum atomic E-state index is 5.79. The molecule has 3 rings (SSSR count). The van der Waals surface area contributed by atoms with Crippen LogP contribution in [0.4, 0.5) is 0 Å². The van der Waals surface area contributed by atoms with Gasteiger partial charge in [0.2, 0.25) is 0 Å². The van der Waals surface area contributed by atoms with Crippen molar-refractivity contribution >= 4 is 22.6 Å². The van der Waals surface area contributed by atoms with Gasteiger partial charge in [-0.2, -0.15) is 5.10 Å². The van der Waals surface area contributed by atoms with E-state index in [0.29, 0.717) is 12.6 Å². The summed E-state index contributed by atoms with van der Waals surface area (Å²) in [4.78, 5) is 4.46. The van der Waals surface area contributed by atoms with Crippen molar-refractivity contribution in [3.63, 3.8) is 0 Å². The maximum absolute atomic E-state index is 5.79. The lowest BCUT2D eigenvalue weighted by atomic mass is 10.1. The number of rotatable bonds is 5. The summed E-state index contributed by atoms with van der Waals surface area (Å²) in [5.74, 6) is 0.840. The topological polar surface area (TPSA) is 50.9 Å². The molecule has 0 amide bonds. The fourth-order valence-corrected chi connectivity index (χ4v) is 3.87. The first-order valence-electron chi connectivity index (χ1n) is 8.47. The van der Waals surface area contributed by atoms with Crippen LogP contribution in [-0.2, 0) is 11.3 Å². The quantitative estimate of drug-likeness (QED) is 0.833. The number of amidine groups is 1. The summed E-state index contributed by atoms with van der Waals surface area (Å²) >= 11 is 1.70. The van der Waals surface area contributed by atoms with E-state index in [0.717, 1.165) is 41.8 Å². The average molecular weight is 347 g/mol. The Morgan fingerprint density at radius 3 is 3.00 bits per heavy atom. The second-order valence-corrected chi connectivity index (χ2v) is 7.53. The summed E-state index contributed by atoms with van der Waals surface area (Å²) in [5, 5.41) is 5.42. The molecule has 1 aromatic heterocycles. The number of aryl methyl sites for hydroxylation is 1. The fourth-order valence-electron chi connectivity index (χ4n) is 3.11. The molecular weight excluding hydrogens is 320 g/mol. The molecule has 0 bridgehead atoms. The molecule has 2 aliphatic rings. The molecule has 1 aromatic rings. The number of ether oxygens (including phenoxy) is 1. The van der Waals surface area contributed by atoms with E-state index in [2.05, 4.69) is 46.6 Å². The molecule has 130 valence electrons. The van der Waals surface area contributed by atoms with E-state index in [4.69, 9.17) is 4.74 Å². The largest absolute Gasteiger partial charge is 0.376 e. The molecule has 0 unspecified atom stereocenters. The van der Waals surface area contributed by atoms with Crippen molar-refractivity contribution in [2.45, 2.75) is 46.3 Å². The Morgan fingerprint density at radius 2 is 2.38 bits per heavy atom. The predicted octanol–water partition coefficient (Wildman–Crippen LogP) is 3.26. The lowest BCUT2D eigenvalue weighted by molar-refractivity contribution is 0.0962. The molecule has 0 radical (unpaired) electrons. The van der Waals surface area contributed by atoms with Gasteiger partial charge >= 0.3 is 0 Å². The summed E-state index contributed by atoms with van der Waals surface area (Å²) in [6.07, 6.45) is 2.69. The summed E-state index contributed by atoms with van der Waals surface area (Å²) in [6.45, 7) is 12.7. The zero-order valence-corrected chi connectivity index (χ0v) is 15.6. The third-order valence-corrected chi connectivity index (χ3v) is 5.33. The zero-order chi connectivity index (χ0) is 17.1. The Balaban J connectivity index is 1.73. The lowest BCUT2D eigenvalue weighted by Gasteiger charge is -2.17. The first-order valence-corrected chi connectivity index (χ1v) is 9.46. The van der Waals surface area contributed by atoms with Gasteiger partial charge in [-0.3, -0.25) is 10.4 Å². The van der Waals surface area contributed by atoms with Crippen LogP contribution in [-0.4, -0.2) is 40.5 Å². The number of aliphatic imine (C=N–C) groups is 1. The molecule has 0 aliphatic carbocycles. The summed E-state index contributed by atoms with van der Waals surface area (Å²) in [7, 11) is 0. The first-order chi connectivity index (χ1) is 11.5. The van der Waals surface area contributed by atoms with Crippen molar-refractivity contribution in [1.82, 2.24) is 9.99 Å². The number of thioether (sulfide) groups is 1. The van der Waals surface area contributed by atoms with Crippen LogP contribution >= 0.6 is 11.8 Å². The second-order valence-electron chi connectivity index (χ2n) is 6.57. The van der Waals surface area contributed by atoms with Gasteiger partial charge < -0.3 is 9.30 Å². The SMILES string of the molecule is C=C(C)CN=C1NN=C(c2cc(C)n(C[C@@H]3CCCO3)c2C)CS1. The van der Waals surface area contributed by atoms with Crippen LogP contribution in [0.1, 0.15) is 36.7 Å². The Labute approximate surface area is 148 Å². The second kappa shape index (κ2) is 7.57. The molecule has 1 N–H and O–H groups in total. The van der Waals surface area contributed by atoms with E-state index < -0.39 is 0 Å². The third kappa shape index (κ3) is 3.92. The third-order valence-electron chi connectivity index (χ3n) is 4.42. The van der Waals surface area contributed by atoms with Crippen LogP contribution in [0.3, 0.4) is 0 Å². The molecule has 1 saturated heterocycles. The molecule has 0 spiro atoms. The molecular formula is C18H26N4OS. The normalized spacial score (nSPS) is 22.5.